The highest BCUT2D eigenvalue weighted by Gasteiger charge is 2.08. The Morgan fingerprint density at radius 3 is 2.95 bits per heavy atom. The molecule has 0 saturated carbocycles. The highest BCUT2D eigenvalue weighted by molar-refractivity contribution is 5.93. The standard InChI is InChI=1S/C17H19N3O2/c1-3-10-19-17(21)15-12-13(9-11-18-15)20-14-7-5-6-8-16(14)22-4-2/h3,5-9,11-12H,1,4,10H2,2H3,(H,18,20)(H,19,21). The molecule has 0 aliphatic rings. The van der Waals surface area contributed by atoms with E-state index in [1.54, 1.807) is 24.4 Å². The van der Waals surface area contributed by atoms with Crippen LogP contribution in [-0.2, 0) is 0 Å². The number of nitrogens with zero attached hydrogens (tertiary/aromatic N) is 1. The number of hydrogen-bond acceptors (Lipinski definition) is 4. The number of rotatable bonds is 7. The molecule has 0 radical (unpaired) electrons. The Morgan fingerprint density at radius 2 is 2.18 bits per heavy atom. The van der Waals surface area contributed by atoms with Crippen LogP contribution in [0.1, 0.15) is 17.4 Å². The Morgan fingerprint density at radius 1 is 1.36 bits per heavy atom. The van der Waals surface area contributed by atoms with Gasteiger partial charge in [-0.05, 0) is 31.2 Å². The molecule has 114 valence electrons. The van der Waals surface area contributed by atoms with Gasteiger partial charge in [0, 0.05) is 18.4 Å². The third-order valence-electron chi connectivity index (χ3n) is 2.87. The van der Waals surface area contributed by atoms with Crippen LogP contribution in [0.3, 0.4) is 0 Å². The largest absolute Gasteiger partial charge is 0.492 e. The van der Waals surface area contributed by atoms with Gasteiger partial charge in [0.1, 0.15) is 11.4 Å². The third-order valence-corrected chi connectivity index (χ3v) is 2.87. The summed E-state index contributed by atoms with van der Waals surface area (Å²) in [5.41, 5.74) is 1.96. The van der Waals surface area contributed by atoms with Crippen molar-refractivity contribution in [2.24, 2.45) is 0 Å². The van der Waals surface area contributed by atoms with E-state index in [0.717, 1.165) is 17.1 Å². The van der Waals surface area contributed by atoms with Crippen molar-refractivity contribution in [3.05, 3.63) is 60.9 Å². The van der Waals surface area contributed by atoms with Gasteiger partial charge in [-0.15, -0.1) is 6.58 Å². The summed E-state index contributed by atoms with van der Waals surface area (Å²) in [6, 6.07) is 11.1. The van der Waals surface area contributed by atoms with Gasteiger partial charge >= 0.3 is 0 Å². The molecule has 0 saturated heterocycles. The van der Waals surface area contributed by atoms with E-state index < -0.39 is 0 Å². The number of benzene rings is 1. The Labute approximate surface area is 130 Å². The minimum absolute atomic E-state index is 0.235. The van der Waals surface area contributed by atoms with Gasteiger partial charge in [-0.25, -0.2) is 0 Å². The van der Waals surface area contributed by atoms with Crippen LogP contribution in [0.2, 0.25) is 0 Å². The zero-order valence-electron chi connectivity index (χ0n) is 12.5. The lowest BCUT2D eigenvalue weighted by Crippen LogP contribution is -2.24. The molecule has 0 atom stereocenters. The first-order valence-electron chi connectivity index (χ1n) is 7.08. The van der Waals surface area contributed by atoms with Gasteiger partial charge in [-0.3, -0.25) is 9.78 Å². The number of carbonyl (C=O) groups excluding carboxylic acids is 1. The number of anilines is 2. The molecule has 0 spiro atoms. The van der Waals surface area contributed by atoms with Crippen LogP contribution in [0.15, 0.2) is 55.3 Å². The van der Waals surface area contributed by atoms with Crippen LogP contribution < -0.4 is 15.4 Å². The molecule has 0 aliphatic heterocycles. The summed E-state index contributed by atoms with van der Waals surface area (Å²) in [5.74, 6) is 0.529. The Hall–Kier alpha value is -2.82. The predicted molar refractivity (Wildman–Crippen MR) is 87.7 cm³/mol. The summed E-state index contributed by atoms with van der Waals surface area (Å²) in [6.07, 6.45) is 3.22. The molecule has 1 aromatic carbocycles. The summed E-state index contributed by atoms with van der Waals surface area (Å²) >= 11 is 0. The van der Waals surface area contributed by atoms with E-state index in [-0.39, 0.29) is 5.91 Å². The maximum atomic E-state index is 11.9. The molecule has 0 bridgehead atoms. The molecule has 0 unspecified atom stereocenters. The van der Waals surface area contributed by atoms with Crippen molar-refractivity contribution in [3.63, 3.8) is 0 Å². The monoisotopic (exact) mass is 297 g/mol. The summed E-state index contributed by atoms with van der Waals surface area (Å²) in [4.78, 5) is 16.0. The second kappa shape index (κ2) is 7.83. The number of ether oxygens (including phenoxy) is 1. The predicted octanol–water partition coefficient (Wildman–Crippen LogP) is 3.14. The van der Waals surface area contributed by atoms with Crippen molar-refractivity contribution in [2.75, 3.05) is 18.5 Å². The van der Waals surface area contributed by atoms with Gasteiger partial charge in [0.05, 0.1) is 12.3 Å². The molecule has 1 heterocycles. The first-order valence-corrected chi connectivity index (χ1v) is 7.08. The first kappa shape index (κ1) is 15.6. The van der Waals surface area contributed by atoms with Crippen molar-refractivity contribution in [1.29, 1.82) is 0 Å². The normalized spacial score (nSPS) is 9.86. The number of aromatic nitrogens is 1. The minimum atomic E-state index is -0.235. The van der Waals surface area contributed by atoms with Gasteiger partial charge in [0.15, 0.2) is 0 Å². The maximum Gasteiger partial charge on any atom is 0.270 e. The average molecular weight is 297 g/mol. The molecule has 5 nitrogen and oxygen atoms in total. The highest BCUT2D eigenvalue weighted by Crippen LogP contribution is 2.27. The molecule has 2 aromatic rings. The van der Waals surface area contributed by atoms with E-state index in [2.05, 4.69) is 22.2 Å². The van der Waals surface area contributed by atoms with E-state index in [0.29, 0.717) is 18.8 Å². The van der Waals surface area contributed by atoms with Crippen molar-refractivity contribution >= 4 is 17.3 Å². The molecule has 0 fully saturated rings. The lowest BCUT2D eigenvalue weighted by atomic mass is 10.2. The Balaban J connectivity index is 2.17. The lowest BCUT2D eigenvalue weighted by Gasteiger charge is -2.12. The summed E-state index contributed by atoms with van der Waals surface area (Å²) in [6.45, 7) is 6.50. The number of pyridine rings is 1. The van der Waals surface area contributed by atoms with Crippen LogP contribution in [0, 0.1) is 0 Å². The Bertz CT molecular complexity index is 656. The maximum absolute atomic E-state index is 11.9. The lowest BCUT2D eigenvalue weighted by molar-refractivity contribution is 0.0953. The number of nitrogens with one attached hydrogen (secondary N) is 2. The zero-order chi connectivity index (χ0) is 15.8. The SMILES string of the molecule is C=CCNC(=O)c1cc(Nc2ccccc2OCC)ccn1. The van der Waals surface area contributed by atoms with Gasteiger partial charge in [-0.2, -0.15) is 0 Å². The van der Waals surface area contributed by atoms with Crippen molar-refractivity contribution < 1.29 is 9.53 Å². The molecular formula is C17H19N3O2. The second-order valence-corrected chi connectivity index (χ2v) is 4.48. The van der Waals surface area contributed by atoms with Crippen molar-refractivity contribution in [3.8, 4) is 5.75 Å². The van der Waals surface area contributed by atoms with Gasteiger partial charge in [0.2, 0.25) is 0 Å². The van der Waals surface area contributed by atoms with E-state index in [1.807, 2.05) is 31.2 Å². The number of amides is 1. The minimum Gasteiger partial charge on any atom is -0.492 e. The van der Waals surface area contributed by atoms with E-state index in [4.69, 9.17) is 4.74 Å². The van der Waals surface area contributed by atoms with Gasteiger partial charge in [0.25, 0.3) is 5.91 Å². The van der Waals surface area contributed by atoms with Gasteiger partial charge < -0.3 is 15.4 Å². The second-order valence-electron chi connectivity index (χ2n) is 4.48. The number of para-hydroxylation sites is 2. The fourth-order valence-electron chi connectivity index (χ4n) is 1.89. The van der Waals surface area contributed by atoms with Crippen LogP contribution >= 0.6 is 0 Å². The summed E-state index contributed by atoms with van der Waals surface area (Å²) in [7, 11) is 0. The summed E-state index contributed by atoms with van der Waals surface area (Å²) in [5, 5.41) is 5.94. The molecule has 1 amide bonds. The molecule has 1 aromatic heterocycles. The smallest absolute Gasteiger partial charge is 0.270 e. The fraction of sp³-hybridized carbons (Fsp3) is 0.176. The van der Waals surface area contributed by atoms with Crippen LogP contribution in [0.25, 0.3) is 0 Å². The first-order chi connectivity index (χ1) is 10.7. The van der Waals surface area contributed by atoms with Crippen molar-refractivity contribution in [1.82, 2.24) is 10.3 Å². The van der Waals surface area contributed by atoms with Gasteiger partial charge in [-0.1, -0.05) is 18.2 Å². The van der Waals surface area contributed by atoms with Crippen molar-refractivity contribution in [2.45, 2.75) is 6.92 Å². The molecule has 5 heteroatoms. The third kappa shape index (κ3) is 4.09. The van der Waals surface area contributed by atoms with E-state index in [1.165, 1.54) is 0 Å². The Kier molecular flexibility index (Phi) is 5.54. The topological polar surface area (TPSA) is 63.2 Å². The number of hydrogen-bond donors (Lipinski definition) is 2. The fourth-order valence-corrected chi connectivity index (χ4v) is 1.89. The van der Waals surface area contributed by atoms with E-state index >= 15 is 0 Å². The van der Waals surface area contributed by atoms with Crippen LogP contribution in [0.4, 0.5) is 11.4 Å². The zero-order valence-corrected chi connectivity index (χ0v) is 12.5. The molecule has 22 heavy (non-hydrogen) atoms. The van der Waals surface area contributed by atoms with Crippen LogP contribution in [0.5, 0.6) is 5.75 Å². The quantitative estimate of drug-likeness (QED) is 0.771. The molecule has 0 aliphatic carbocycles. The molecule has 2 N–H and O–H groups in total. The highest BCUT2D eigenvalue weighted by atomic mass is 16.5. The summed E-state index contributed by atoms with van der Waals surface area (Å²) < 4.78 is 5.57. The van der Waals surface area contributed by atoms with E-state index in [9.17, 15) is 4.79 Å². The molecular weight excluding hydrogens is 278 g/mol. The van der Waals surface area contributed by atoms with Crippen LogP contribution in [-0.4, -0.2) is 24.0 Å². The molecule has 2 rings (SSSR count). The average Bonchev–Trinajstić information content (AvgIpc) is 2.55. The number of carbonyl (C=O) groups is 1.